The fraction of sp³-hybridized carbons (Fsp3) is 0.867. The molecule has 102 valence electrons. The van der Waals surface area contributed by atoms with Gasteiger partial charge in [-0.3, -0.25) is 9.80 Å². The van der Waals surface area contributed by atoms with E-state index in [1.54, 1.807) is 0 Å². The molecule has 3 nitrogen and oxygen atoms in total. The minimum atomic E-state index is 0.889. The molecule has 0 bridgehead atoms. The highest BCUT2D eigenvalue weighted by Crippen LogP contribution is 2.30. The maximum atomic E-state index is 6.11. The van der Waals surface area contributed by atoms with Gasteiger partial charge in [-0.05, 0) is 31.3 Å². The lowest BCUT2D eigenvalue weighted by Gasteiger charge is -2.40. The van der Waals surface area contributed by atoms with E-state index in [9.17, 15) is 0 Å². The van der Waals surface area contributed by atoms with Crippen molar-refractivity contribution >= 4 is 0 Å². The summed E-state index contributed by atoms with van der Waals surface area (Å²) in [5, 5.41) is 0. The summed E-state index contributed by atoms with van der Waals surface area (Å²) in [6, 6.07) is 0.889. The minimum Gasteiger partial charge on any atom is -0.401 e. The van der Waals surface area contributed by atoms with Crippen LogP contribution in [0.5, 0.6) is 0 Å². The predicted octanol–water partition coefficient (Wildman–Crippen LogP) is 1.94. The molecule has 2 N–H and O–H groups in total. The summed E-state index contributed by atoms with van der Waals surface area (Å²) in [5.74, 6) is 0. The largest absolute Gasteiger partial charge is 0.401 e. The quantitative estimate of drug-likeness (QED) is 0.830. The third kappa shape index (κ3) is 3.07. The summed E-state index contributed by atoms with van der Waals surface area (Å²) in [5.41, 5.74) is 8.80. The van der Waals surface area contributed by atoms with Crippen molar-refractivity contribution in [2.45, 2.75) is 51.0 Å². The zero-order chi connectivity index (χ0) is 12.4. The molecule has 0 radical (unpaired) electrons. The maximum Gasteiger partial charge on any atom is 0.0380 e. The number of allylic oxidation sites excluding steroid dienone is 1. The fourth-order valence-corrected chi connectivity index (χ4v) is 3.47. The van der Waals surface area contributed by atoms with Crippen molar-refractivity contribution in [1.29, 1.82) is 0 Å². The van der Waals surface area contributed by atoms with Crippen molar-refractivity contribution < 1.29 is 0 Å². The number of hydrogen-bond donors (Lipinski definition) is 1. The highest BCUT2D eigenvalue weighted by Gasteiger charge is 2.26. The van der Waals surface area contributed by atoms with E-state index in [1.165, 1.54) is 82.4 Å². The van der Waals surface area contributed by atoms with E-state index in [1.807, 2.05) is 0 Å². The Morgan fingerprint density at radius 2 is 1.67 bits per heavy atom. The van der Waals surface area contributed by atoms with E-state index in [2.05, 4.69) is 9.80 Å². The molecular weight excluding hydrogens is 222 g/mol. The predicted molar refractivity (Wildman–Crippen MR) is 75.3 cm³/mol. The van der Waals surface area contributed by atoms with Crippen LogP contribution in [-0.2, 0) is 0 Å². The normalized spacial score (nSPS) is 27.4. The van der Waals surface area contributed by atoms with Crippen LogP contribution in [0.4, 0.5) is 0 Å². The number of piperazine rings is 1. The molecule has 2 saturated carbocycles. The molecule has 0 atom stereocenters. The van der Waals surface area contributed by atoms with Crippen LogP contribution in [0.1, 0.15) is 44.9 Å². The molecule has 1 aliphatic heterocycles. The van der Waals surface area contributed by atoms with Gasteiger partial charge in [0.15, 0.2) is 0 Å². The molecule has 3 heteroatoms. The Morgan fingerprint density at radius 1 is 1.00 bits per heavy atom. The number of rotatable bonds is 3. The molecule has 3 aliphatic rings. The van der Waals surface area contributed by atoms with Crippen molar-refractivity contribution in [1.82, 2.24) is 9.80 Å². The van der Waals surface area contributed by atoms with E-state index < -0.39 is 0 Å². The number of nitrogens with two attached hydrogens (primary N) is 1. The monoisotopic (exact) mass is 249 g/mol. The van der Waals surface area contributed by atoms with Crippen LogP contribution < -0.4 is 5.73 Å². The minimum absolute atomic E-state index is 0.889. The highest BCUT2D eigenvalue weighted by atomic mass is 15.3. The molecule has 18 heavy (non-hydrogen) atoms. The first-order valence-corrected chi connectivity index (χ1v) is 7.76. The zero-order valence-electron chi connectivity index (χ0n) is 11.5. The Hall–Kier alpha value is -0.540. The van der Waals surface area contributed by atoms with Crippen LogP contribution in [0.3, 0.4) is 0 Å². The molecular formula is C15H27N3. The van der Waals surface area contributed by atoms with Crippen LogP contribution in [-0.4, -0.2) is 48.6 Å². The van der Waals surface area contributed by atoms with Gasteiger partial charge in [-0.1, -0.05) is 19.3 Å². The lowest BCUT2D eigenvalue weighted by atomic mass is 9.94. The van der Waals surface area contributed by atoms with Gasteiger partial charge >= 0.3 is 0 Å². The smallest absolute Gasteiger partial charge is 0.0380 e. The standard InChI is InChI=1S/C15H27N3/c16-15(13-6-7-13)12-17-8-10-18(11-9-17)14-4-2-1-3-5-14/h14H,1-12,16H2. The summed E-state index contributed by atoms with van der Waals surface area (Å²) in [4.78, 5) is 5.27. The first-order valence-electron chi connectivity index (χ1n) is 7.76. The third-order valence-electron chi connectivity index (χ3n) is 4.85. The molecule has 0 aromatic heterocycles. The Morgan fingerprint density at radius 3 is 2.28 bits per heavy atom. The second-order valence-electron chi connectivity index (χ2n) is 6.23. The summed E-state index contributed by atoms with van der Waals surface area (Å²) in [7, 11) is 0. The average Bonchev–Trinajstić information content (AvgIpc) is 3.25. The number of nitrogens with zero attached hydrogens (tertiary/aromatic N) is 2. The van der Waals surface area contributed by atoms with E-state index in [-0.39, 0.29) is 0 Å². The summed E-state index contributed by atoms with van der Waals surface area (Å²) >= 11 is 0. The van der Waals surface area contributed by atoms with Crippen LogP contribution >= 0.6 is 0 Å². The molecule has 1 heterocycles. The average molecular weight is 249 g/mol. The van der Waals surface area contributed by atoms with Gasteiger partial charge in [0.05, 0.1) is 0 Å². The molecule has 3 rings (SSSR count). The van der Waals surface area contributed by atoms with Crippen LogP contribution in [0.15, 0.2) is 11.3 Å². The molecule has 2 aliphatic carbocycles. The Kier molecular flexibility index (Phi) is 3.90. The number of hydrogen-bond acceptors (Lipinski definition) is 3. The van der Waals surface area contributed by atoms with Crippen LogP contribution in [0.25, 0.3) is 0 Å². The first kappa shape index (κ1) is 12.5. The molecule has 0 amide bonds. The molecule has 0 spiro atoms. The lowest BCUT2D eigenvalue weighted by Crippen LogP contribution is -2.51. The van der Waals surface area contributed by atoms with Gasteiger partial charge in [0, 0.05) is 44.5 Å². The fourth-order valence-electron chi connectivity index (χ4n) is 3.47. The molecule has 3 fully saturated rings. The molecule has 0 aromatic rings. The maximum absolute atomic E-state index is 6.11. The van der Waals surface area contributed by atoms with E-state index >= 15 is 0 Å². The van der Waals surface area contributed by atoms with E-state index in [0.29, 0.717) is 0 Å². The van der Waals surface area contributed by atoms with Gasteiger partial charge in [0.25, 0.3) is 0 Å². The first-order chi connectivity index (χ1) is 8.83. The third-order valence-corrected chi connectivity index (χ3v) is 4.85. The van der Waals surface area contributed by atoms with Gasteiger partial charge in [0.2, 0.25) is 0 Å². The van der Waals surface area contributed by atoms with Crippen molar-refractivity contribution in [2.75, 3.05) is 32.7 Å². The van der Waals surface area contributed by atoms with Crippen molar-refractivity contribution in [3.63, 3.8) is 0 Å². The Labute approximate surface area is 111 Å². The van der Waals surface area contributed by atoms with Crippen molar-refractivity contribution in [3.8, 4) is 0 Å². The van der Waals surface area contributed by atoms with E-state index in [4.69, 9.17) is 5.73 Å². The van der Waals surface area contributed by atoms with Gasteiger partial charge in [-0.2, -0.15) is 0 Å². The van der Waals surface area contributed by atoms with Gasteiger partial charge in [0.1, 0.15) is 0 Å². The van der Waals surface area contributed by atoms with Crippen LogP contribution in [0, 0.1) is 0 Å². The second-order valence-corrected chi connectivity index (χ2v) is 6.23. The van der Waals surface area contributed by atoms with Gasteiger partial charge in [-0.15, -0.1) is 0 Å². The summed E-state index contributed by atoms with van der Waals surface area (Å²) < 4.78 is 0. The topological polar surface area (TPSA) is 32.5 Å². The molecule has 0 unspecified atom stereocenters. The second kappa shape index (κ2) is 5.62. The zero-order valence-corrected chi connectivity index (χ0v) is 11.5. The van der Waals surface area contributed by atoms with Gasteiger partial charge in [-0.25, -0.2) is 0 Å². The highest BCUT2D eigenvalue weighted by molar-refractivity contribution is 5.23. The van der Waals surface area contributed by atoms with Crippen molar-refractivity contribution in [3.05, 3.63) is 11.3 Å². The van der Waals surface area contributed by atoms with Crippen LogP contribution in [0.2, 0.25) is 0 Å². The van der Waals surface area contributed by atoms with Gasteiger partial charge < -0.3 is 5.73 Å². The summed E-state index contributed by atoms with van der Waals surface area (Å²) in [6.45, 7) is 5.96. The molecule has 0 aromatic carbocycles. The van der Waals surface area contributed by atoms with E-state index in [0.717, 1.165) is 12.6 Å². The SMILES string of the molecule is NC(CN1CCN(C2CCCCC2)CC1)=C1CC1. The van der Waals surface area contributed by atoms with Crippen molar-refractivity contribution in [2.24, 2.45) is 5.73 Å². The molecule has 1 saturated heterocycles. The lowest BCUT2D eigenvalue weighted by molar-refractivity contribution is 0.0833. The summed E-state index contributed by atoms with van der Waals surface area (Å²) in [6.07, 6.45) is 9.74. The Bertz CT molecular complexity index is 304. The Balaban J connectivity index is 1.44.